The Labute approximate surface area is 182 Å². The molecule has 0 saturated heterocycles. The highest BCUT2D eigenvalue weighted by Crippen LogP contribution is 2.16. The SMILES string of the molecule is O=C(NC(Cc1ccccc1)C(=O)Nc1ccc(S(=O)(=O)Cl)cn1)c1ccc(F)cc1. The molecule has 3 rings (SSSR count). The van der Waals surface area contributed by atoms with Gasteiger partial charge in [-0.05, 0) is 42.0 Å². The number of carbonyl (C=O) groups excluding carboxylic acids is 2. The molecular formula is C21H17ClFN3O4S. The lowest BCUT2D eigenvalue weighted by Crippen LogP contribution is -2.45. The van der Waals surface area contributed by atoms with Gasteiger partial charge in [-0.3, -0.25) is 9.59 Å². The van der Waals surface area contributed by atoms with Gasteiger partial charge in [0.05, 0.1) is 0 Å². The number of pyridine rings is 1. The Morgan fingerprint density at radius 2 is 1.68 bits per heavy atom. The van der Waals surface area contributed by atoms with E-state index in [1.54, 1.807) is 12.1 Å². The third kappa shape index (κ3) is 6.34. The molecule has 2 amide bonds. The van der Waals surface area contributed by atoms with Crippen molar-refractivity contribution in [3.8, 4) is 0 Å². The van der Waals surface area contributed by atoms with Gasteiger partial charge in [0.2, 0.25) is 5.91 Å². The van der Waals surface area contributed by atoms with Crippen LogP contribution in [0.25, 0.3) is 0 Å². The average Bonchev–Trinajstić information content (AvgIpc) is 2.74. The summed E-state index contributed by atoms with van der Waals surface area (Å²) in [4.78, 5) is 29.1. The number of anilines is 1. The molecule has 0 radical (unpaired) electrons. The summed E-state index contributed by atoms with van der Waals surface area (Å²) in [6.07, 6.45) is 1.20. The fourth-order valence-electron chi connectivity index (χ4n) is 2.71. The van der Waals surface area contributed by atoms with Crippen molar-refractivity contribution in [2.24, 2.45) is 0 Å². The summed E-state index contributed by atoms with van der Waals surface area (Å²) in [6, 6.07) is 15.5. The van der Waals surface area contributed by atoms with Crippen LogP contribution in [0.3, 0.4) is 0 Å². The van der Waals surface area contributed by atoms with E-state index in [9.17, 15) is 22.4 Å². The molecular weight excluding hydrogens is 445 g/mol. The number of nitrogens with one attached hydrogen (secondary N) is 2. The first kappa shape index (κ1) is 22.4. The lowest BCUT2D eigenvalue weighted by molar-refractivity contribution is -0.118. The highest BCUT2D eigenvalue weighted by atomic mass is 35.7. The van der Waals surface area contributed by atoms with Crippen LogP contribution in [-0.2, 0) is 20.3 Å². The second kappa shape index (κ2) is 9.67. The van der Waals surface area contributed by atoms with Gasteiger partial charge in [0.15, 0.2) is 0 Å². The molecule has 31 heavy (non-hydrogen) atoms. The Bertz CT molecular complexity index is 1170. The second-order valence-electron chi connectivity index (χ2n) is 6.53. The molecule has 0 fully saturated rings. The molecule has 3 aromatic rings. The maximum absolute atomic E-state index is 13.1. The standard InChI is InChI=1S/C21H17ClFN3O4S/c22-31(29,30)17-10-11-19(24-13-17)26-21(28)18(12-14-4-2-1-3-5-14)25-20(27)15-6-8-16(23)9-7-15/h1-11,13,18H,12H2,(H,25,27)(H,24,26,28). The molecule has 7 nitrogen and oxygen atoms in total. The average molecular weight is 462 g/mol. The van der Waals surface area contributed by atoms with Gasteiger partial charge in [-0.25, -0.2) is 17.8 Å². The molecule has 10 heteroatoms. The van der Waals surface area contributed by atoms with Crippen molar-refractivity contribution in [2.75, 3.05) is 5.32 Å². The summed E-state index contributed by atoms with van der Waals surface area (Å²) in [5, 5.41) is 5.18. The van der Waals surface area contributed by atoms with Crippen LogP contribution in [-0.4, -0.2) is 31.3 Å². The minimum absolute atomic E-state index is 0.0863. The van der Waals surface area contributed by atoms with Gasteiger partial charge >= 0.3 is 0 Å². The summed E-state index contributed by atoms with van der Waals surface area (Å²) in [5.74, 6) is -1.51. The highest BCUT2D eigenvalue weighted by molar-refractivity contribution is 8.13. The molecule has 2 aromatic carbocycles. The molecule has 2 N–H and O–H groups in total. The molecule has 0 aliphatic rings. The van der Waals surface area contributed by atoms with E-state index in [4.69, 9.17) is 10.7 Å². The van der Waals surface area contributed by atoms with E-state index in [2.05, 4.69) is 15.6 Å². The third-order valence-corrected chi connectivity index (χ3v) is 5.62. The number of aromatic nitrogens is 1. The second-order valence-corrected chi connectivity index (χ2v) is 9.09. The molecule has 1 aromatic heterocycles. The van der Waals surface area contributed by atoms with Crippen molar-refractivity contribution >= 4 is 37.4 Å². The lowest BCUT2D eigenvalue weighted by Gasteiger charge is -2.18. The van der Waals surface area contributed by atoms with Crippen molar-refractivity contribution in [1.82, 2.24) is 10.3 Å². The zero-order valence-electron chi connectivity index (χ0n) is 16.0. The van der Waals surface area contributed by atoms with Crippen LogP contribution >= 0.6 is 10.7 Å². The van der Waals surface area contributed by atoms with E-state index in [-0.39, 0.29) is 22.7 Å². The topological polar surface area (TPSA) is 105 Å². The van der Waals surface area contributed by atoms with Gasteiger partial charge in [-0.2, -0.15) is 0 Å². The predicted octanol–water partition coefficient (Wildman–Crippen LogP) is 3.13. The van der Waals surface area contributed by atoms with Gasteiger partial charge in [-0.1, -0.05) is 30.3 Å². The molecule has 1 heterocycles. The van der Waals surface area contributed by atoms with Gasteiger partial charge in [-0.15, -0.1) is 0 Å². The summed E-state index contributed by atoms with van der Waals surface area (Å²) in [6.45, 7) is 0. The summed E-state index contributed by atoms with van der Waals surface area (Å²) in [5.41, 5.74) is 1.00. The molecule has 0 aliphatic heterocycles. The number of carbonyl (C=O) groups is 2. The Morgan fingerprint density at radius 1 is 1.00 bits per heavy atom. The van der Waals surface area contributed by atoms with E-state index in [1.165, 1.54) is 24.3 Å². The fourth-order valence-corrected chi connectivity index (χ4v) is 3.40. The summed E-state index contributed by atoms with van der Waals surface area (Å²) < 4.78 is 35.8. The molecule has 160 valence electrons. The normalized spacial score (nSPS) is 12.1. The summed E-state index contributed by atoms with van der Waals surface area (Å²) >= 11 is 0. The maximum atomic E-state index is 13.1. The first-order valence-corrected chi connectivity index (χ1v) is 11.4. The molecule has 0 aliphatic carbocycles. The van der Waals surface area contributed by atoms with Crippen molar-refractivity contribution in [1.29, 1.82) is 0 Å². The van der Waals surface area contributed by atoms with E-state index in [0.29, 0.717) is 0 Å². The third-order valence-electron chi connectivity index (χ3n) is 4.28. The van der Waals surface area contributed by atoms with Crippen molar-refractivity contribution < 1.29 is 22.4 Å². The van der Waals surface area contributed by atoms with Gasteiger partial charge in [0.25, 0.3) is 15.0 Å². The molecule has 1 atom stereocenters. The number of amides is 2. The summed E-state index contributed by atoms with van der Waals surface area (Å²) in [7, 11) is 1.32. The van der Waals surface area contributed by atoms with E-state index < -0.39 is 32.7 Å². The largest absolute Gasteiger partial charge is 0.340 e. The number of benzene rings is 2. The van der Waals surface area contributed by atoms with E-state index in [0.717, 1.165) is 23.9 Å². The van der Waals surface area contributed by atoms with Crippen LogP contribution in [0.15, 0.2) is 77.8 Å². The monoisotopic (exact) mass is 461 g/mol. The van der Waals surface area contributed by atoms with E-state index in [1.807, 2.05) is 18.2 Å². The fraction of sp³-hybridized carbons (Fsp3) is 0.0952. The number of nitrogens with zero attached hydrogens (tertiary/aromatic N) is 1. The van der Waals surface area contributed by atoms with Crippen molar-refractivity contribution in [2.45, 2.75) is 17.4 Å². The molecule has 1 unspecified atom stereocenters. The number of halogens is 2. The van der Waals surface area contributed by atoms with Gasteiger partial charge in [0, 0.05) is 28.9 Å². The molecule has 0 bridgehead atoms. The minimum atomic E-state index is -3.94. The van der Waals surface area contributed by atoms with Crippen molar-refractivity contribution in [3.63, 3.8) is 0 Å². The van der Waals surface area contributed by atoms with E-state index >= 15 is 0 Å². The quantitative estimate of drug-likeness (QED) is 0.526. The number of hydrogen-bond acceptors (Lipinski definition) is 5. The zero-order chi connectivity index (χ0) is 22.4. The first-order valence-electron chi connectivity index (χ1n) is 9.04. The van der Waals surface area contributed by atoms with Crippen LogP contribution in [0.2, 0.25) is 0 Å². The van der Waals surface area contributed by atoms with Crippen LogP contribution in [0.5, 0.6) is 0 Å². The van der Waals surface area contributed by atoms with Crippen molar-refractivity contribution in [3.05, 3.63) is 89.9 Å². The molecule has 0 saturated carbocycles. The number of rotatable bonds is 7. The zero-order valence-corrected chi connectivity index (χ0v) is 17.5. The maximum Gasteiger partial charge on any atom is 0.262 e. The van der Waals surface area contributed by atoms with Gasteiger partial charge in [0.1, 0.15) is 22.6 Å². The van der Waals surface area contributed by atoms with Crippen LogP contribution in [0.4, 0.5) is 10.2 Å². The Balaban J connectivity index is 1.78. The Hall–Kier alpha value is -3.30. The van der Waals surface area contributed by atoms with Crippen LogP contribution in [0.1, 0.15) is 15.9 Å². The highest BCUT2D eigenvalue weighted by Gasteiger charge is 2.23. The number of hydrogen-bond donors (Lipinski definition) is 2. The smallest absolute Gasteiger partial charge is 0.262 e. The Kier molecular flexibility index (Phi) is 6.98. The minimum Gasteiger partial charge on any atom is -0.340 e. The molecule has 0 spiro atoms. The first-order chi connectivity index (χ1) is 14.7. The van der Waals surface area contributed by atoms with Crippen LogP contribution in [0, 0.1) is 5.82 Å². The Morgan fingerprint density at radius 3 is 2.26 bits per heavy atom. The predicted molar refractivity (Wildman–Crippen MR) is 114 cm³/mol. The lowest BCUT2D eigenvalue weighted by atomic mass is 10.0. The van der Waals surface area contributed by atoms with Gasteiger partial charge < -0.3 is 10.6 Å². The van der Waals surface area contributed by atoms with Crippen LogP contribution < -0.4 is 10.6 Å².